The van der Waals surface area contributed by atoms with Gasteiger partial charge in [-0.3, -0.25) is 4.79 Å². The fraction of sp³-hybridized carbons (Fsp3) is 0.579. The van der Waals surface area contributed by atoms with Crippen LogP contribution in [0.25, 0.3) is 10.2 Å². The maximum Gasteiger partial charge on any atom is 0.243 e. The summed E-state index contributed by atoms with van der Waals surface area (Å²) < 4.78 is 27.6. The van der Waals surface area contributed by atoms with Gasteiger partial charge in [-0.05, 0) is 31.0 Å². The van der Waals surface area contributed by atoms with Gasteiger partial charge in [0.25, 0.3) is 0 Å². The summed E-state index contributed by atoms with van der Waals surface area (Å²) in [6.45, 7) is 8.65. The molecular weight excluding hydrogens is 382 g/mol. The second kappa shape index (κ2) is 9.61. The molecule has 0 aliphatic carbocycles. The number of nitrogens with zero attached hydrogens (tertiary/aromatic N) is 2. The standard InChI is InChI=1S/C19H29N3O3S2/c1-5-9-14(10-6-2)18(23)21-19-20-16-12-11-15(13-17(16)26-19)27(24,25)22(7-3)8-4/h11-14H,5-10H2,1-4H3,(H,20,21,23). The second-order valence-corrected chi connectivity index (χ2v) is 9.47. The van der Waals surface area contributed by atoms with Crippen LogP contribution in [0, 0.1) is 5.92 Å². The van der Waals surface area contributed by atoms with E-state index in [9.17, 15) is 13.2 Å². The largest absolute Gasteiger partial charge is 0.302 e. The van der Waals surface area contributed by atoms with Gasteiger partial charge in [0.1, 0.15) is 0 Å². The minimum Gasteiger partial charge on any atom is -0.302 e. The van der Waals surface area contributed by atoms with Crippen molar-refractivity contribution in [3.8, 4) is 0 Å². The molecule has 1 amide bonds. The first kappa shape index (κ1) is 21.8. The molecule has 150 valence electrons. The van der Waals surface area contributed by atoms with Gasteiger partial charge in [-0.1, -0.05) is 51.9 Å². The Hall–Kier alpha value is -1.51. The van der Waals surface area contributed by atoms with Crippen molar-refractivity contribution < 1.29 is 13.2 Å². The van der Waals surface area contributed by atoms with Gasteiger partial charge in [-0.25, -0.2) is 13.4 Å². The highest BCUT2D eigenvalue weighted by molar-refractivity contribution is 7.89. The van der Waals surface area contributed by atoms with Crippen LogP contribution in [0.4, 0.5) is 5.13 Å². The number of carbonyl (C=O) groups is 1. The average molecular weight is 412 g/mol. The Bertz CT molecular complexity index is 867. The number of anilines is 1. The Balaban J connectivity index is 2.26. The van der Waals surface area contributed by atoms with Crippen molar-refractivity contribution >= 4 is 42.6 Å². The lowest BCUT2D eigenvalue weighted by Crippen LogP contribution is -2.30. The Kier molecular flexibility index (Phi) is 7.76. The number of amides is 1. The minimum atomic E-state index is -3.51. The van der Waals surface area contributed by atoms with Crippen LogP contribution in [0.15, 0.2) is 23.1 Å². The number of thiazole rings is 1. The van der Waals surface area contributed by atoms with Gasteiger partial charge < -0.3 is 5.32 Å². The molecule has 1 aromatic carbocycles. The summed E-state index contributed by atoms with van der Waals surface area (Å²) in [5, 5.41) is 3.43. The normalized spacial score (nSPS) is 12.2. The zero-order valence-corrected chi connectivity index (χ0v) is 18.1. The number of hydrogen-bond acceptors (Lipinski definition) is 5. The summed E-state index contributed by atoms with van der Waals surface area (Å²) in [7, 11) is -3.51. The molecule has 1 aromatic heterocycles. The van der Waals surface area contributed by atoms with Gasteiger partial charge in [-0.2, -0.15) is 4.31 Å². The number of nitrogens with one attached hydrogen (secondary N) is 1. The summed E-state index contributed by atoms with van der Waals surface area (Å²) in [5.41, 5.74) is 0.691. The van der Waals surface area contributed by atoms with Crippen LogP contribution in [0.3, 0.4) is 0 Å². The third-order valence-corrected chi connectivity index (χ3v) is 7.56. The van der Waals surface area contributed by atoms with Gasteiger partial charge in [0.05, 0.1) is 15.1 Å². The van der Waals surface area contributed by atoms with Crippen molar-refractivity contribution in [3.63, 3.8) is 0 Å². The summed E-state index contributed by atoms with van der Waals surface area (Å²) in [6, 6.07) is 4.93. The van der Waals surface area contributed by atoms with E-state index in [-0.39, 0.29) is 16.7 Å². The molecule has 0 atom stereocenters. The molecule has 27 heavy (non-hydrogen) atoms. The van der Waals surface area contributed by atoms with Crippen molar-refractivity contribution in [2.24, 2.45) is 5.92 Å². The number of fused-ring (bicyclic) bond motifs is 1. The molecule has 0 saturated carbocycles. The molecule has 2 aromatic rings. The molecule has 0 saturated heterocycles. The number of sulfonamides is 1. The molecular formula is C19H29N3O3S2. The zero-order valence-electron chi connectivity index (χ0n) is 16.5. The second-order valence-electron chi connectivity index (χ2n) is 6.50. The van der Waals surface area contributed by atoms with Gasteiger partial charge in [-0.15, -0.1) is 0 Å². The molecule has 0 aliphatic rings. The van der Waals surface area contributed by atoms with E-state index in [0.29, 0.717) is 23.7 Å². The average Bonchev–Trinajstić information content (AvgIpc) is 3.03. The zero-order chi connectivity index (χ0) is 20.0. The van der Waals surface area contributed by atoms with Gasteiger partial charge in [0.15, 0.2) is 5.13 Å². The summed E-state index contributed by atoms with van der Waals surface area (Å²) >= 11 is 1.31. The molecule has 0 unspecified atom stereocenters. The maximum absolute atomic E-state index is 12.7. The van der Waals surface area contributed by atoms with Crippen molar-refractivity contribution in [2.75, 3.05) is 18.4 Å². The maximum atomic E-state index is 12.7. The third kappa shape index (κ3) is 5.06. The van der Waals surface area contributed by atoms with E-state index in [0.717, 1.165) is 30.4 Å². The highest BCUT2D eigenvalue weighted by atomic mass is 32.2. The SMILES string of the molecule is CCCC(CCC)C(=O)Nc1nc2ccc(S(=O)(=O)N(CC)CC)cc2s1. The predicted molar refractivity (Wildman–Crippen MR) is 112 cm³/mol. The van der Waals surface area contributed by atoms with Crippen LogP contribution >= 0.6 is 11.3 Å². The quantitative estimate of drug-likeness (QED) is 0.625. The highest BCUT2D eigenvalue weighted by Crippen LogP contribution is 2.30. The highest BCUT2D eigenvalue weighted by Gasteiger charge is 2.23. The Morgan fingerprint density at radius 1 is 1.15 bits per heavy atom. The van der Waals surface area contributed by atoms with Crippen LogP contribution in [0.5, 0.6) is 0 Å². The number of carbonyl (C=O) groups excluding carboxylic acids is 1. The number of hydrogen-bond donors (Lipinski definition) is 1. The van der Waals surface area contributed by atoms with Crippen molar-refractivity contribution in [3.05, 3.63) is 18.2 Å². The van der Waals surface area contributed by atoms with Crippen LogP contribution in [0.2, 0.25) is 0 Å². The summed E-state index contributed by atoms with van der Waals surface area (Å²) in [4.78, 5) is 17.2. The molecule has 2 rings (SSSR count). The van der Waals surface area contributed by atoms with E-state index >= 15 is 0 Å². The molecule has 0 spiro atoms. The molecule has 6 nitrogen and oxygen atoms in total. The number of aromatic nitrogens is 1. The summed E-state index contributed by atoms with van der Waals surface area (Å²) in [5.74, 6) is -0.0145. The minimum absolute atomic E-state index is 0.00579. The van der Waals surface area contributed by atoms with Crippen molar-refractivity contribution in [1.82, 2.24) is 9.29 Å². The van der Waals surface area contributed by atoms with Crippen LogP contribution < -0.4 is 5.32 Å². The van der Waals surface area contributed by atoms with E-state index in [2.05, 4.69) is 24.1 Å². The molecule has 0 bridgehead atoms. The monoisotopic (exact) mass is 411 g/mol. The number of benzene rings is 1. The first-order valence-electron chi connectivity index (χ1n) is 9.58. The molecule has 8 heteroatoms. The van der Waals surface area contributed by atoms with Crippen molar-refractivity contribution in [2.45, 2.75) is 58.3 Å². The van der Waals surface area contributed by atoms with E-state index in [1.807, 2.05) is 13.8 Å². The molecule has 1 N–H and O–H groups in total. The van der Waals surface area contributed by atoms with Gasteiger partial charge in [0.2, 0.25) is 15.9 Å². The van der Waals surface area contributed by atoms with Gasteiger partial charge >= 0.3 is 0 Å². The first-order chi connectivity index (χ1) is 12.9. The lowest BCUT2D eigenvalue weighted by atomic mass is 9.97. The number of rotatable bonds is 10. The molecule has 0 fully saturated rings. The van der Waals surface area contributed by atoms with Crippen LogP contribution in [0.1, 0.15) is 53.4 Å². The summed E-state index contributed by atoms with van der Waals surface area (Å²) in [6.07, 6.45) is 3.64. The van der Waals surface area contributed by atoms with Crippen molar-refractivity contribution in [1.29, 1.82) is 0 Å². The van der Waals surface area contributed by atoms with Crippen LogP contribution in [-0.2, 0) is 14.8 Å². The Labute approximate surface area is 166 Å². The molecule has 1 heterocycles. The van der Waals surface area contributed by atoms with Crippen LogP contribution in [-0.4, -0.2) is 36.7 Å². The Morgan fingerprint density at radius 3 is 2.33 bits per heavy atom. The van der Waals surface area contributed by atoms with E-state index < -0.39 is 10.0 Å². The lowest BCUT2D eigenvalue weighted by Gasteiger charge is -2.18. The topological polar surface area (TPSA) is 79.4 Å². The third-order valence-electron chi connectivity index (χ3n) is 4.58. The molecule has 0 aliphatic heterocycles. The Morgan fingerprint density at radius 2 is 1.78 bits per heavy atom. The predicted octanol–water partition coefficient (Wildman–Crippen LogP) is 4.48. The van der Waals surface area contributed by atoms with E-state index in [4.69, 9.17) is 0 Å². The molecule has 0 radical (unpaired) electrons. The lowest BCUT2D eigenvalue weighted by molar-refractivity contribution is -0.120. The van der Waals surface area contributed by atoms with E-state index in [1.165, 1.54) is 15.6 Å². The fourth-order valence-corrected chi connectivity index (χ4v) is 5.61. The smallest absolute Gasteiger partial charge is 0.243 e. The first-order valence-corrected chi connectivity index (χ1v) is 11.8. The van der Waals surface area contributed by atoms with Gasteiger partial charge in [0, 0.05) is 19.0 Å². The fourth-order valence-electron chi connectivity index (χ4n) is 3.14. The van der Waals surface area contributed by atoms with E-state index in [1.54, 1.807) is 18.2 Å².